The minimum atomic E-state index is -3.63. The number of sulfonamides is 1. The Morgan fingerprint density at radius 1 is 1.08 bits per heavy atom. The van der Waals surface area contributed by atoms with Crippen LogP contribution < -0.4 is 9.88 Å². The van der Waals surface area contributed by atoms with Crippen molar-refractivity contribution < 1.29 is 13.2 Å². The first kappa shape index (κ1) is 18.0. The van der Waals surface area contributed by atoms with Crippen LogP contribution in [-0.2, 0) is 16.4 Å². The molecular weight excluding hydrogens is 334 g/mol. The number of hydrogen-bond donors (Lipinski definition) is 1. The minimum Gasteiger partial charge on any atom is -0.496 e. The molecule has 2 aromatic rings. The van der Waals surface area contributed by atoms with Gasteiger partial charge < -0.3 is 4.74 Å². The van der Waals surface area contributed by atoms with Crippen LogP contribution in [0.3, 0.4) is 0 Å². The Balaban J connectivity index is 1.72. The lowest BCUT2D eigenvalue weighted by Crippen LogP contribution is -2.11. The highest BCUT2D eigenvalue weighted by molar-refractivity contribution is 7.89. The Hall–Kier alpha value is -1.85. The lowest BCUT2D eigenvalue weighted by atomic mass is 10.0. The zero-order valence-electron chi connectivity index (χ0n) is 14.9. The van der Waals surface area contributed by atoms with Gasteiger partial charge in [0.15, 0.2) is 0 Å². The number of hydrogen-bond acceptors (Lipinski definition) is 3. The Labute approximate surface area is 150 Å². The summed E-state index contributed by atoms with van der Waals surface area (Å²) in [5.41, 5.74) is 2.63. The van der Waals surface area contributed by atoms with Crippen molar-refractivity contribution >= 4 is 10.0 Å². The van der Waals surface area contributed by atoms with Gasteiger partial charge >= 0.3 is 0 Å². The molecule has 1 saturated carbocycles. The van der Waals surface area contributed by atoms with Crippen molar-refractivity contribution in [3.05, 3.63) is 59.7 Å². The van der Waals surface area contributed by atoms with Crippen molar-refractivity contribution in [3.63, 3.8) is 0 Å². The molecule has 1 aliphatic rings. The Morgan fingerprint density at radius 3 is 2.32 bits per heavy atom. The van der Waals surface area contributed by atoms with E-state index in [0.29, 0.717) is 11.8 Å². The maximum atomic E-state index is 11.4. The molecule has 0 amide bonds. The zero-order valence-corrected chi connectivity index (χ0v) is 15.7. The molecule has 0 unspecified atom stereocenters. The van der Waals surface area contributed by atoms with E-state index in [1.807, 2.05) is 30.3 Å². The fraction of sp³-hybridized carbons (Fsp3) is 0.400. The zero-order chi connectivity index (χ0) is 18.2. The molecule has 0 aliphatic heterocycles. The maximum Gasteiger partial charge on any atom is 0.238 e. The molecule has 0 bridgehead atoms. The molecule has 2 atom stereocenters. The van der Waals surface area contributed by atoms with Crippen molar-refractivity contribution in [2.45, 2.75) is 37.5 Å². The highest BCUT2D eigenvalue weighted by Crippen LogP contribution is 2.66. The van der Waals surface area contributed by atoms with E-state index in [1.54, 1.807) is 19.2 Å². The Kier molecular flexibility index (Phi) is 4.64. The van der Waals surface area contributed by atoms with Gasteiger partial charge in [-0.15, -0.1) is 0 Å². The molecule has 0 heterocycles. The van der Waals surface area contributed by atoms with E-state index in [2.05, 4.69) is 19.9 Å². The van der Waals surface area contributed by atoms with E-state index in [-0.39, 0.29) is 10.3 Å². The predicted molar refractivity (Wildman–Crippen MR) is 99.1 cm³/mol. The number of benzene rings is 2. The van der Waals surface area contributed by atoms with Crippen LogP contribution in [0.25, 0.3) is 0 Å². The number of aryl methyl sites for hydroxylation is 1. The summed E-state index contributed by atoms with van der Waals surface area (Å²) in [5, 5.41) is 5.18. The van der Waals surface area contributed by atoms with E-state index in [0.717, 1.165) is 18.6 Å². The van der Waals surface area contributed by atoms with E-state index in [4.69, 9.17) is 9.88 Å². The molecular formula is C20H25NO3S. The number of rotatable bonds is 6. The molecule has 3 rings (SSSR count). The lowest BCUT2D eigenvalue weighted by molar-refractivity contribution is 0.407. The first-order valence-electron chi connectivity index (χ1n) is 8.50. The van der Waals surface area contributed by atoms with Crippen LogP contribution in [0, 0.1) is 11.3 Å². The molecule has 0 saturated heterocycles. The molecule has 0 aromatic heterocycles. The summed E-state index contributed by atoms with van der Waals surface area (Å²) < 4.78 is 28.3. The minimum absolute atomic E-state index is 0.167. The molecule has 2 aromatic carbocycles. The smallest absolute Gasteiger partial charge is 0.238 e. The summed E-state index contributed by atoms with van der Waals surface area (Å²) in [5.74, 6) is 1.95. The van der Waals surface area contributed by atoms with Gasteiger partial charge in [-0.2, -0.15) is 0 Å². The highest BCUT2D eigenvalue weighted by atomic mass is 32.2. The van der Waals surface area contributed by atoms with Crippen LogP contribution in [0.4, 0.5) is 0 Å². The van der Waals surface area contributed by atoms with Crippen molar-refractivity contribution in [1.82, 2.24) is 0 Å². The van der Waals surface area contributed by atoms with Crippen LogP contribution in [-0.4, -0.2) is 15.5 Å². The van der Waals surface area contributed by atoms with Gasteiger partial charge in [0, 0.05) is 0 Å². The van der Waals surface area contributed by atoms with Gasteiger partial charge in [-0.25, -0.2) is 13.6 Å². The summed E-state index contributed by atoms with van der Waals surface area (Å²) >= 11 is 0. The summed E-state index contributed by atoms with van der Waals surface area (Å²) in [4.78, 5) is 0.167. The average Bonchev–Trinajstić information content (AvgIpc) is 3.13. The molecule has 25 heavy (non-hydrogen) atoms. The SMILES string of the molecule is COc1ccccc1CC[C@@H]1[C@@H](c2ccc(S(N)(=O)=O)cc2)C1(C)C. The third-order valence-electron chi connectivity index (χ3n) is 5.54. The summed E-state index contributed by atoms with van der Waals surface area (Å²) in [6.07, 6.45) is 2.05. The van der Waals surface area contributed by atoms with E-state index < -0.39 is 10.0 Å². The Morgan fingerprint density at radius 2 is 1.72 bits per heavy atom. The molecule has 134 valence electrons. The molecule has 2 N–H and O–H groups in total. The topological polar surface area (TPSA) is 69.4 Å². The van der Waals surface area contributed by atoms with Crippen molar-refractivity contribution in [1.29, 1.82) is 0 Å². The van der Waals surface area contributed by atoms with Crippen molar-refractivity contribution in [3.8, 4) is 5.75 Å². The van der Waals surface area contributed by atoms with Gasteiger partial charge in [0.05, 0.1) is 12.0 Å². The van der Waals surface area contributed by atoms with Crippen molar-refractivity contribution in [2.24, 2.45) is 16.5 Å². The molecule has 1 fully saturated rings. The standard InChI is InChI=1S/C20H25NO3S/c1-20(2)17(13-10-14-6-4-5-7-18(14)24-3)19(20)15-8-11-16(12-9-15)25(21,22)23/h4-9,11-12,17,19H,10,13H2,1-3H3,(H2,21,22,23)/t17-,19-/m1/s1. The number of primary sulfonamides is 1. The average molecular weight is 359 g/mol. The lowest BCUT2D eigenvalue weighted by Gasteiger charge is -2.08. The van der Waals surface area contributed by atoms with Crippen LogP contribution in [0.15, 0.2) is 53.4 Å². The second-order valence-electron chi connectivity index (χ2n) is 7.37. The first-order valence-corrected chi connectivity index (χ1v) is 10.0. The van der Waals surface area contributed by atoms with E-state index >= 15 is 0 Å². The van der Waals surface area contributed by atoms with Gasteiger partial charge in [0.25, 0.3) is 0 Å². The molecule has 4 nitrogen and oxygen atoms in total. The van der Waals surface area contributed by atoms with Gasteiger partial charge in [-0.3, -0.25) is 0 Å². The highest BCUT2D eigenvalue weighted by Gasteiger charge is 2.57. The third kappa shape index (κ3) is 3.58. The summed E-state index contributed by atoms with van der Waals surface area (Å²) in [7, 11) is -1.93. The predicted octanol–water partition coefficient (Wildman–Crippen LogP) is 3.72. The van der Waals surface area contributed by atoms with Crippen LogP contribution in [0.2, 0.25) is 0 Å². The molecule has 0 radical (unpaired) electrons. The fourth-order valence-electron chi connectivity index (χ4n) is 4.03. The second kappa shape index (κ2) is 6.46. The van der Waals surface area contributed by atoms with Crippen LogP contribution in [0.5, 0.6) is 5.75 Å². The normalized spacial score (nSPS) is 21.8. The first-order chi connectivity index (χ1) is 11.7. The summed E-state index contributed by atoms with van der Waals surface area (Å²) in [6.45, 7) is 4.55. The largest absolute Gasteiger partial charge is 0.496 e. The van der Waals surface area contributed by atoms with Gasteiger partial charge in [-0.05, 0) is 59.4 Å². The quantitative estimate of drug-likeness (QED) is 0.855. The van der Waals surface area contributed by atoms with Crippen LogP contribution in [0.1, 0.15) is 37.3 Å². The monoisotopic (exact) mass is 359 g/mol. The van der Waals surface area contributed by atoms with E-state index in [1.165, 1.54) is 11.1 Å². The van der Waals surface area contributed by atoms with Gasteiger partial charge in [-0.1, -0.05) is 44.2 Å². The second-order valence-corrected chi connectivity index (χ2v) is 8.93. The third-order valence-corrected chi connectivity index (χ3v) is 6.46. The number of para-hydroxylation sites is 1. The summed E-state index contributed by atoms with van der Waals surface area (Å²) in [6, 6.07) is 15.1. The maximum absolute atomic E-state index is 11.4. The van der Waals surface area contributed by atoms with Gasteiger partial charge in [0.2, 0.25) is 10.0 Å². The molecule has 1 aliphatic carbocycles. The number of nitrogens with two attached hydrogens (primary N) is 1. The van der Waals surface area contributed by atoms with Gasteiger partial charge in [0.1, 0.15) is 5.75 Å². The van der Waals surface area contributed by atoms with Crippen LogP contribution >= 0.6 is 0 Å². The van der Waals surface area contributed by atoms with Crippen molar-refractivity contribution in [2.75, 3.05) is 7.11 Å². The number of methoxy groups -OCH3 is 1. The molecule has 0 spiro atoms. The molecule has 5 heteroatoms. The van der Waals surface area contributed by atoms with E-state index in [9.17, 15) is 8.42 Å². The fourth-order valence-corrected chi connectivity index (χ4v) is 4.55. The number of ether oxygens (including phenoxy) is 1. The Bertz CT molecular complexity index is 857.